The smallest absolute Gasteiger partial charge is 0.227 e. The molecular weight excluding hydrogens is 773 g/mol. The fraction of sp³-hybridized carbons (Fsp3) is 0.0526. The van der Waals surface area contributed by atoms with Crippen molar-refractivity contribution in [3.63, 3.8) is 0 Å². The number of para-hydroxylation sites is 4. The van der Waals surface area contributed by atoms with E-state index >= 15 is 0 Å². The molecule has 0 amide bonds. The normalized spacial score (nSPS) is 16.4. The lowest BCUT2D eigenvalue weighted by Gasteiger charge is -2.26. The van der Waals surface area contributed by atoms with Crippen molar-refractivity contribution in [2.24, 2.45) is 4.99 Å². The van der Waals surface area contributed by atoms with Crippen molar-refractivity contribution >= 4 is 62.3 Å². The zero-order chi connectivity index (χ0) is 42.0. The highest BCUT2D eigenvalue weighted by atomic mass is 16.5. The monoisotopic (exact) mass is 814 g/mol. The Balaban J connectivity index is 0.826. The zero-order valence-electron chi connectivity index (χ0n) is 34.4. The lowest BCUT2D eigenvalue weighted by molar-refractivity contribution is 0.255. The van der Waals surface area contributed by atoms with Gasteiger partial charge in [-0.15, -0.1) is 0 Å². The molecular formula is C57H42N4O2. The third-order valence-corrected chi connectivity index (χ3v) is 11.7. The van der Waals surface area contributed by atoms with Crippen LogP contribution in [0, 0.1) is 0 Å². The van der Waals surface area contributed by atoms with E-state index in [-0.39, 0.29) is 12.1 Å². The van der Waals surface area contributed by atoms with Crippen molar-refractivity contribution in [1.82, 2.24) is 4.98 Å². The van der Waals surface area contributed by atoms with Crippen LogP contribution in [0.2, 0.25) is 0 Å². The number of hydrogen-bond donors (Lipinski definition) is 0. The average molecular weight is 815 g/mol. The summed E-state index contributed by atoms with van der Waals surface area (Å²) in [4.78, 5) is 14.1. The number of aliphatic imine (C=N–C) groups is 1. The number of fused-ring (bicyclic) bond motifs is 2. The van der Waals surface area contributed by atoms with E-state index in [1.165, 1.54) is 16.7 Å². The molecule has 6 heteroatoms. The van der Waals surface area contributed by atoms with Crippen molar-refractivity contribution in [2.45, 2.75) is 18.6 Å². The number of allylic oxidation sites excluding steroid dienone is 8. The van der Waals surface area contributed by atoms with Gasteiger partial charge in [-0.2, -0.15) is 0 Å². The zero-order valence-corrected chi connectivity index (χ0v) is 34.4. The molecule has 0 fully saturated rings. The quantitative estimate of drug-likeness (QED) is 0.138. The molecule has 0 saturated heterocycles. The largest absolute Gasteiger partial charge is 0.467 e. The summed E-state index contributed by atoms with van der Waals surface area (Å²) < 4.78 is 12.2. The van der Waals surface area contributed by atoms with E-state index in [0.29, 0.717) is 11.8 Å². The van der Waals surface area contributed by atoms with Crippen LogP contribution in [0.4, 0.5) is 34.1 Å². The summed E-state index contributed by atoms with van der Waals surface area (Å²) in [5, 5.41) is 0. The molecule has 2 unspecified atom stereocenters. The van der Waals surface area contributed by atoms with E-state index in [0.717, 1.165) is 68.3 Å². The molecule has 0 spiro atoms. The van der Waals surface area contributed by atoms with Crippen molar-refractivity contribution in [2.75, 3.05) is 9.80 Å². The maximum absolute atomic E-state index is 6.18. The topological polar surface area (TPSA) is 54.1 Å². The average Bonchev–Trinajstić information content (AvgIpc) is 3.91. The van der Waals surface area contributed by atoms with Crippen molar-refractivity contribution < 1.29 is 9.15 Å². The highest BCUT2D eigenvalue weighted by Crippen LogP contribution is 2.39. The van der Waals surface area contributed by atoms with Gasteiger partial charge in [-0.25, -0.2) is 9.98 Å². The number of hydrogen-bond acceptors (Lipinski definition) is 6. The third-order valence-electron chi connectivity index (χ3n) is 11.7. The first-order chi connectivity index (χ1) is 31.2. The molecule has 63 heavy (non-hydrogen) atoms. The van der Waals surface area contributed by atoms with Crippen molar-refractivity contribution in [1.29, 1.82) is 0 Å². The Labute approximate surface area is 367 Å². The van der Waals surface area contributed by atoms with Gasteiger partial charge in [-0.1, -0.05) is 115 Å². The standard InChI is InChI=1S/C57H42N4O2/c1-3-14-46(15-4-1)60(50-36-28-44(29-37-50)56-58-52-18-7-9-20-54(52)62-56)48-32-24-42(25-33-48)40-12-11-13-41(23-22-40)43-26-34-49(35-27-43)61(47-16-5-2-6-17-47)51-38-30-45(31-39-51)57-59-53-19-8-10-21-55(53)63-57/h1-12,14-39,53,55H,13H2. The molecule has 2 heterocycles. The van der Waals surface area contributed by atoms with Gasteiger partial charge in [-0.3, -0.25) is 0 Å². The number of ether oxygens (including phenoxy) is 1. The Morgan fingerprint density at radius 1 is 0.476 bits per heavy atom. The van der Waals surface area contributed by atoms with Crippen LogP contribution in [0.15, 0.2) is 240 Å². The Kier molecular flexibility index (Phi) is 9.99. The summed E-state index contributed by atoms with van der Waals surface area (Å²) in [6.45, 7) is 0. The van der Waals surface area contributed by atoms with Crippen LogP contribution in [-0.2, 0) is 4.74 Å². The molecule has 0 bridgehead atoms. The maximum Gasteiger partial charge on any atom is 0.227 e. The molecule has 11 rings (SSSR count). The first-order valence-electron chi connectivity index (χ1n) is 21.3. The summed E-state index contributed by atoms with van der Waals surface area (Å²) in [5.74, 6) is 1.30. The van der Waals surface area contributed by atoms with Crippen LogP contribution >= 0.6 is 0 Å². The minimum absolute atomic E-state index is 0.0290. The second-order valence-corrected chi connectivity index (χ2v) is 15.7. The van der Waals surface area contributed by atoms with Gasteiger partial charge in [0, 0.05) is 45.3 Å². The van der Waals surface area contributed by atoms with Crippen molar-refractivity contribution in [3.05, 3.63) is 247 Å². The van der Waals surface area contributed by atoms with Gasteiger partial charge < -0.3 is 19.0 Å². The lowest BCUT2D eigenvalue weighted by atomic mass is 10.0. The molecule has 8 aromatic rings. The second-order valence-electron chi connectivity index (χ2n) is 15.7. The molecule has 1 aromatic heterocycles. The SMILES string of the molecule is C1=CC2N=C(c3ccc(N(c4ccccc4)c4ccc(C5=CC=C(c6ccc(N(c7ccccc7)c7ccc(-c8nc9ccccc9o8)cc7)cc6)C=CC5)cc4)cc3)OC2C=C1. The van der Waals surface area contributed by atoms with Gasteiger partial charge in [-0.05, 0) is 144 Å². The van der Waals surface area contributed by atoms with Crippen LogP contribution in [0.25, 0.3) is 33.7 Å². The number of oxazole rings is 1. The highest BCUT2D eigenvalue weighted by molar-refractivity contribution is 5.96. The van der Waals surface area contributed by atoms with E-state index in [1.807, 2.05) is 42.5 Å². The number of nitrogens with zero attached hydrogens (tertiary/aromatic N) is 4. The summed E-state index contributed by atoms with van der Waals surface area (Å²) in [6.07, 6.45) is 18.0. The first-order valence-corrected chi connectivity index (χ1v) is 21.3. The summed E-state index contributed by atoms with van der Waals surface area (Å²) in [7, 11) is 0. The molecule has 2 aliphatic carbocycles. The Morgan fingerprint density at radius 3 is 1.60 bits per heavy atom. The molecule has 3 aliphatic rings. The van der Waals surface area contributed by atoms with Crippen LogP contribution in [0.1, 0.15) is 23.1 Å². The Hall–Kier alpha value is -8.22. The van der Waals surface area contributed by atoms with Gasteiger partial charge in [0.2, 0.25) is 11.8 Å². The van der Waals surface area contributed by atoms with Crippen molar-refractivity contribution in [3.8, 4) is 11.5 Å². The fourth-order valence-electron chi connectivity index (χ4n) is 8.45. The molecule has 302 valence electrons. The molecule has 6 nitrogen and oxygen atoms in total. The molecule has 2 atom stereocenters. The molecule has 0 N–H and O–H groups in total. The molecule has 0 radical (unpaired) electrons. The van der Waals surface area contributed by atoms with E-state index < -0.39 is 0 Å². The summed E-state index contributed by atoms with van der Waals surface area (Å²) in [6, 6.07) is 63.5. The maximum atomic E-state index is 6.18. The van der Waals surface area contributed by atoms with Crippen LogP contribution < -0.4 is 9.80 Å². The van der Waals surface area contributed by atoms with Gasteiger partial charge in [0.25, 0.3) is 0 Å². The van der Waals surface area contributed by atoms with Crippen LogP contribution in [0.3, 0.4) is 0 Å². The minimum Gasteiger partial charge on any atom is -0.467 e. The van der Waals surface area contributed by atoms with E-state index in [1.54, 1.807) is 0 Å². The van der Waals surface area contributed by atoms with E-state index in [9.17, 15) is 0 Å². The first kappa shape index (κ1) is 37.8. The molecule has 0 saturated carbocycles. The number of aromatic nitrogens is 1. The Bertz CT molecular complexity index is 3050. The minimum atomic E-state index is -0.0290. The number of rotatable bonds is 10. The third kappa shape index (κ3) is 7.71. The number of benzene rings is 7. The van der Waals surface area contributed by atoms with Gasteiger partial charge in [0.15, 0.2) is 5.58 Å². The van der Waals surface area contributed by atoms with Crippen LogP contribution in [0.5, 0.6) is 0 Å². The summed E-state index contributed by atoms with van der Waals surface area (Å²) in [5.41, 5.74) is 14.8. The second kappa shape index (κ2) is 16.7. The highest BCUT2D eigenvalue weighted by Gasteiger charge is 2.29. The predicted molar refractivity (Wildman–Crippen MR) is 258 cm³/mol. The fourth-order valence-corrected chi connectivity index (χ4v) is 8.45. The van der Waals surface area contributed by atoms with Gasteiger partial charge in [0.1, 0.15) is 17.7 Å². The van der Waals surface area contributed by atoms with E-state index in [2.05, 4.69) is 198 Å². The van der Waals surface area contributed by atoms with Gasteiger partial charge >= 0.3 is 0 Å². The Morgan fingerprint density at radius 2 is 1.00 bits per heavy atom. The molecule has 1 aliphatic heterocycles. The number of anilines is 6. The summed E-state index contributed by atoms with van der Waals surface area (Å²) >= 11 is 0. The van der Waals surface area contributed by atoms with Gasteiger partial charge in [0.05, 0.1) is 0 Å². The van der Waals surface area contributed by atoms with Crippen LogP contribution in [-0.4, -0.2) is 23.0 Å². The predicted octanol–water partition coefficient (Wildman–Crippen LogP) is 14.5. The lowest BCUT2D eigenvalue weighted by Crippen LogP contribution is -2.19. The molecule has 7 aromatic carbocycles. The van der Waals surface area contributed by atoms with E-state index in [4.69, 9.17) is 19.1 Å².